The van der Waals surface area contributed by atoms with Gasteiger partial charge in [0.15, 0.2) is 5.11 Å². The number of benzene rings is 2. The molecule has 13 heteroatoms. The zero-order chi connectivity index (χ0) is 24.8. The van der Waals surface area contributed by atoms with Crippen LogP contribution in [0.25, 0.3) is 0 Å². The third-order valence-corrected chi connectivity index (χ3v) is 8.12. The second-order valence-corrected chi connectivity index (χ2v) is 11.1. The summed E-state index contributed by atoms with van der Waals surface area (Å²) in [6.45, 7) is 3.87. The molecule has 3 N–H and O–H groups in total. The molecule has 2 fully saturated rings. The number of aromatic hydroxyl groups is 1. The molecule has 2 heterocycles. The minimum absolute atomic E-state index is 0.0771. The van der Waals surface area contributed by atoms with Crippen molar-refractivity contribution in [2.75, 3.05) is 62.8 Å². The summed E-state index contributed by atoms with van der Waals surface area (Å²) in [6.07, 6.45) is 1.44. The van der Waals surface area contributed by atoms with Crippen LogP contribution in [0.3, 0.4) is 0 Å². The van der Waals surface area contributed by atoms with Crippen molar-refractivity contribution in [2.45, 2.75) is 4.90 Å². The van der Waals surface area contributed by atoms with Crippen molar-refractivity contribution in [2.24, 2.45) is 5.10 Å². The number of nitrogens with one attached hydrogen (secondary N) is 2. The first-order chi connectivity index (χ1) is 16.8. The molecule has 0 atom stereocenters. The highest BCUT2D eigenvalue weighted by Gasteiger charge is 2.28. The number of phenols is 1. The van der Waals surface area contributed by atoms with Crippen LogP contribution in [0.5, 0.6) is 5.75 Å². The van der Waals surface area contributed by atoms with E-state index < -0.39 is 10.0 Å². The number of thiocarbonyl (C=S) groups is 1. The quantitative estimate of drug-likeness (QED) is 0.267. The Hall–Kier alpha value is -2.29. The lowest BCUT2D eigenvalue weighted by atomic mass is 10.2. The summed E-state index contributed by atoms with van der Waals surface area (Å²) < 4.78 is 39.4. The lowest BCUT2D eigenvalue weighted by molar-refractivity contribution is 0.0730. The number of morpholine rings is 2. The van der Waals surface area contributed by atoms with E-state index in [4.69, 9.17) is 21.7 Å². The maximum atomic E-state index is 13.2. The van der Waals surface area contributed by atoms with Crippen LogP contribution in [0.4, 0.5) is 11.4 Å². The molecule has 2 saturated heterocycles. The van der Waals surface area contributed by atoms with Crippen molar-refractivity contribution < 1.29 is 23.0 Å². The molecule has 0 aliphatic carbocycles. The number of hydrazone groups is 1. The first-order valence-electron chi connectivity index (χ1n) is 11.0. The fourth-order valence-electron chi connectivity index (χ4n) is 3.73. The van der Waals surface area contributed by atoms with E-state index in [0.29, 0.717) is 63.9 Å². The number of halogens is 1. The van der Waals surface area contributed by atoms with Gasteiger partial charge in [-0.2, -0.15) is 9.41 Å². The summed E-state index contributed by atoms with van der Waals surface area (Å²) >= 11 is 8.76. The van der Waals surface area contributed by atoms with Gasteiger partial charge in [-0.3, -0.25) is 5.43 Å². The molecule has 0 unspecified atom stereocenters. The van der Waals surface area contributed by atoms with Crippen LogP contribution in [0.15, 0.2) is 50.9 Å². The Balaban J connectivity index is 1.55. The van der Waals surface area contributed by atoms with Crippen molar-refractivity contribution in [1.82, 2.24) is 9.73 Å². The topological polar surface area (TPSA) is 116 Å². The molecule has 0 amide bonds. The maximum Gasteiger partial charge on any atom is 0.243 e. The van der Waals surface area contributed by atoms with Crippen molar-refractivity contribution in [3.8, 4) is 5.75 Å². The number of ether oxygens (including phenoxy) is 2. The molecule has 0 spiro atoms. The van der Waals surface area contributed by atoms with E-state index in [1.54, 1.807) is 36.4 Å². The molecule has 2 aromatic rings. The van der Waals surface area contributed by atoms with E-state index >= 15 is 0 Å². The molecular weight excluding hydrogens is 558 g/mol. The smallest absolute Gasteiger partial charge is 0.243 e. The van der Waals surface area contributed by atoms with E-state index in [2.05, 4.69) is 36.7 Å². The average Bonchev–Trinajstić information content (AvgIpc) is 2.87. The Bertz CT molecular complexity index is 1200. The fourth-order valence-corrected chi connectivity index (χ4v) is 5.71. The van der Waals surface area contributed by atoms with Gasteiger partial charge in [-0.1, -0.05) is 15.9 Å². The van der Waals surface area contributed by atoms with Crippen LogP contribution in [0.1, 0.15) is 5.56 Å². The van der Waals surface area contributed by atoms with Gasteiger partial charge in [0.25, 0.3) is 0 Å². The summed E-state index contributed by atoms with van der Waals surface area (Å²) in [5, 5.41) is 17.3. The van der Waals surface area contributed by atoms with Gasteiger partial charge in [-0.05, 0) is 48.6 Å². The highest BCUT2D eigenvalue weighted by Crippen LogP contribution is 2.31. The second-order valence-electron chi connectivity index (χ2n) is 7.82. The number of anilines is 2. The first-order valence-corrected chi connectivity index (χ1v) is 13.6. The van der Waals surface area contributed by atoms with Crippen molar-refractivity contribution in [3.05, 3.63) is 46.4 Å². The third-order valence-electron chi connectivity index (χ3n) is 5.54. The summed E-state index contributed by atoms with van der Waals surface area (Å²) in [4.78, 5) is 2.28. The van der Waals surface area contributed by atoms with E-state index in [0.717, 1.165) is 10.2 Å². The first kappa shape index (κ1) is 25.8. The Morgan fingerprint density at radius 2 is 1.74 bits per heavy atom. The molecule has 0 aromatic heterocycles. The lowest BCUT2D eigenvalue weighted by Gasteiger charge is -2.31. The molecule has 2 aliphatic heterocycles. The molecule has 4 rings (SSSR count). The SMILES string of the molecule is O=S(=O)(c1ccc(N2CCOCC2)c(NC(=S)N/N=C/c2cc(Br)ccc2O)c1)N1CCOCC1. The molecular formula is C22H26BrN5O5S2. The summed E-state index contributed by atoms with van der Waals surface area (Å²) in [5.74, 6) is 0.0771. The van der Waals surface area contributed by atoms with Gasteiger partial charge < -0.3 is 24.8 Å². The predicted octanol–water partition coefficient (Wildman–Crippen LogP) is 2.33. The van der Waals surface area contributed by atoms with Crippen molar-refractivity contribution in [3.63, 3.8) is 0 Å². The van der Waals surface area contributed by atoms with E-state index in [9.17, 15) is 13.5 Å². The molecule has 188 valence electrons. The average molecular weight is 585 g/mol. The predicted molar refractivity (Wildman–Crippen MR) is 142 cm³/mol. The Morgan fingerprint density at radius 3 is 2.46 bits per heavy atom. The van der Waals surface area contributed by atoms with Crippen LogP contribution in [0, 0.1) is 0 Å². The van der Waals surface area contributed by atoms with Crippen LogP contribution in [-0.2, 0) is 19.5 Å². The normalized spacial score (nSPS) is 17.5. The number of hydrogen-bond donors (Lipinski definition) is 3. The number of nitrogens with zero attached hydrogens (tertiary/aromatic N) is 3. The van der Waals surface area contributed by atoms with Crippen molar-refractivity contribution >= 4 is 60.9 Å². The Labute approximate surface area is 218 Å². The number of phenolic OH excluding ortho intramolecular Hbond substituents is 1. The summed E-state index contributed by atoms with van der Waals surface area (Å²) in [5.41, 5.74) is 4.58. The largest absolute Gasteiger partial charge is 0.507 e. The molecule has 2 aliphatic rings. The van der Waals surface area contributed by atoms with Gasteiger partial charge in [-0.25, -0.2) is 8.42 Å². The molecule has 35 heavy (non-hydrogen) atoms. The number of hydrogen-bond acceptors (Lipinski definition) is 8. The zero-order valence-electron chi connectivity index (χ0n) is 18.8. The Kier molecular flexibility index (Phi) is 8.57. The second kappa shape index (κ2) is 11.6. The van der Waals surface area contributed by atoms with E-state index in [1.807, 2.05) is 0 Å². The highest BCUT2D eigenvalue weighted by molar-refractivity contribution is 9.10. The zero-order valence-corrected chi connectivity index (χ0v) is 22.0. The number of sulfonamides is 1. The fraction of sp³-hybridized carbons (Fsp3) is 0.364. The van der Waals surface area contributed by atoms with Gasteiger partial charge in [0.1, 0.15) is 5.75 Å². The number of rotatable bonds is 6. The van der Waals surface area contributed by atoms with Gasteiger partial charge in [0.05, 0.1) is 48.9 Å². The minimum atomic E-state index is -3.69. The molecule has 0 radical (unpaired) electrons. The highest BCUT2D eigenvalue weighted by atomic mass is 79.9. The molecule has 2 aromatic carbocycles. The van der Waals surface area contributed by atoms with Crippen LogP contribution in [0.2, 0.25) is 0 Å². The molecule has 0 saturated carbocycles. The summed E-state index contributed by atoms with van der Waals surface area (Å²) in [6, 6.07) is 9.98. The van der Waals surface area contributed by atoms with Gasteiger partial charge in [0, 0.05) is 36.2 Å². The Morgan fingerprint density at radius 1 is 1.06 bits per heavy atom. The molecule has 0 bridgehead atoms. The summed E-state index contributed by atoms with van der Waals surface area (Å²) in [7, 11) is -3.69. The third kappa shape index (κ3) is 6.48. The lowest BCUT2D eigenvalue weighted by Crippen LogP contribution is -2.40. The van der Waals surface area contributed by atoms with Gasteiger partial charge in [0.2, 0.25) is 10.0 Å². The monoisotopic (exact) mass is 583 g/mol. The van der Waals surface area contributed by atoms with Crippen molar-refractivity contribution in [1.29, 1.82) is 0 Å². The minimum Gasteiger partial charge on any atom is -0.507 e. The maximum absolute atomic E-state index is 13.2. The van der Waals surface area contributed by atoms with Gasteiger partial charge >= 0.3 is 0 Å². The van der Waals surface area contributed by atoms with Crippen LogP contribution in [-0.4, -0.2) is 81.8 Å². The van der Waals surface area contributed by atoms with E-state index in [-0.39, 0.29) is 15.8 Å². The van der Waals surface area contributed by atoms with Crippen LogP contribution >= 0.6 is 28.1 Å². The molecule has 10 nitrogen and oxygen atoms in total. The standard InChI is InChI=1S/C22H26BrN5O5S2/c23-17-1-4-21(29)16(13-17)15-24-26-22(34)25-19-14-18(35(30,31)28-7-11-33-12-8-28)2-3-20(19)27-5-9-32-10-6-27/h1-4,13-15,29H,5-12H2,(H2,25,26,34)/b24-15+. The van der Waals surface area contributed by atoms with Gasteiger partial charge in [-0.15, -0.1) is 0 Å². The van der Waals surface area contributed by atoms with Crippen LogP contribution < -0.4 is 15.6 Å². The van der Waals surface area contributed by atoms with E-state index in [1.165, 1.54) is 10.5 Å².